The van der Waals surface area contributed by atoms with Gasteiger partial charge in [0.2, 0.25) is 11.8 Å². The van der Waals surface area contributed by atoms with E-state index in [2.05, 4.69) is 26.6 Å². The van der Waals surface area contributed by atoms with Crippen LogP contribution in [0.4, 0.5) is 5.69 Å². The SMILES string of the molecule is Cc1ccc(Br)cc1NC(=O)CCNC(=O)CCC(=O)c1ccc2c(c1)CCCC2. The maximum atomic E-state index is 12.4. The summed E-state index contributed by atoms with van der Waals surface area (Å²) < 4.78 is 0.889. The number of rotatable bonds is 8. The first kappa shape index (κ1) is 22.2. The fraction of sp³-hybridized carbons (Fsp3) is 0.375. The van der Waals surface area contributed by atoms with Crippen LogP contribution in [-0.2, 0) is 22.4 Å². The molecule has 1 aliphatic carbocycles. The summed E-state index contributed by atoms with van der Waals surface area (Å²) in [5.74, 6) is -0.393. The molecule has 30 heavy (non-hydrogen) atoms. The van der Waals surface area contributed by atoms with Crippen LogP contribution in [0, 0.1) is 6.92 Å². The Morgan fingerprint density at radius 3 is 2.47 bits per heavy atom. The normalized spacial score (nSPS) is 12.7. The van der Waals surface area contributed by atoms with E-state index in [4.69, 9.17) is 0 Å². The largest absolute Gasteiger partial charge is 0.356 e. The van der Waals surface area contributed by atoms with Crippen LogP contribution in [0.25, 0.3) is 0 Å². The number of hydrogen-bond donors (Lipinski definition) is 2. The maximum absolute atomic E-state index is 12.4. The number of carbonyl (C=O) groups excluding carboxylic acids is 3. The predicted molar refractivity (Wildman–Crippen MR) is 122 cm³/mol. The molecule has 0 unspecified atom stereocenters. The van der Waals surface area contributed by atoms with Crippen molar-refractivity contribution in [3.63, 3.8) is 0 Å². The summed E-state index contributed by atoms with van der Waals surface area (Å²) in [6.07, 6.45) is 4.97. The zero-order chi connectivity index (χ0) is 21.5. The molecule has 2 aromatic rings. The van der Waals surface area contributed by atoms with Crippen LogP contribution >= 0.6 is 15.9 Å². The molecule has 1 aliphatic rings. The Hall–Kier alpha value is -2.47. The van der Waals surface area contributed by atoms with Gasteiger partial charge in [-0.3, -0.25) is 14.4 Å². The summed E-state index contributed by atoms with van der Waals surface area (Å²) in [7, 11) is 0. The van der Waals surface area contributed by atoms with Crippen molar-refractivity contribution in [1.29, 1.82) is 0 Å². The summed E-state index contributed by atoms with van der Waals surface area (Å²) >= 11 is 3.39. The van der Waals surface area contributed by atoms with E-state index in [0.717, 1.165) is 28.6 Å². The van der Waals surface area contributed by atoms with Crippen molar-refractivity contribution in [2.45, 2.75) is 51.9 Å². The topological polar surface area (TPSA) is 75.3 Å². The average molecular weight is 471 g/mol. The second-order valence-electron chi connectivity index (χ2n) is 7.72. The van der Waals surface area contributed by atoms with Crippen LogP contribution in [0.1, 0.15) is 59.2 Å². The van der Waals surface area contributed by atoms with E-state index in [1.54, 1.807) is 0 Å². The molecule has 158 valence electrons. The van der Waals surface area contributed by atoms with Gasteiger partial charge in [0.1, 0.15) is 0 Å². The smallest absolute Gasteiger partial charge is 0.226 e. The van der Waals surface area contributed by atoms with E-state index in [9.17, 15) is 14.4 Å². The molecule has 0 fully saturated rings. The van der Waals surface area contributed by atoms with Gasteiger partial charge in [-0.15, -0.1) is 0 Å². The highest BCUT2D eigenvalue weighted by atomic mass is 79.9. The van der Waals surface area contributed by atoms with E-state index in [1.165, 1.54) is 24.0 Å². The predicted octanol–water partition coefficient (Wildman–Crippen LogP) is 4.74. The number of ketones is 1. The lowest BCUT2D eigenvalue weighted by molar-refractivity contribution is -0.121. The van der Waals surface area contributed by atoms with Crippen molar-refractivity contribution < 1.29 is 14.4 Å². The molecular weight excluding hydrogens is 444 g/mol. The highest BCUT2D eigenvalue weighted by Crippen LogP contribution is 2.23. The third kappa shape index (κ3) is 6.26. The number of amides is 2. The van der Waals surface area contributed by atoms with E-state index >= 15 is 0 Å². The molecule has 0 aromatic heterocycles. The number of hydrogen-bond acceptors (Lipinski definition) is 3. The van der Waals surface area contributed by atoms with Crippen molar-refractivity contribution in [2.24, 2.45) is 0 Å². The van der Waals surface area contributed by atoms with Gasteiger partial charge in [0, 0.05) is 41.5 Å². The molecule has 5 nitrogen and oxygen atoms in total. The zero-order valence-electron chi connectivity index (χ0n) is 17.2. The number of nitrogens with one attached hydrogen (secondary N) is 2. The first-order valence-electron chi connectivity index (χ1n) is 10.4. The molecule has 2 N–H and O–H groups in total. The summed E-state index contributed by atoms with van der Waals surface area (Å²) in [6.45, 7) is 2.16. The lowest BCUT2D eigenvalue weighted by atomic mass is 9.89. The molecule has 0 saturated carbocycles. The molecule has 0 heterocycles. The Balaban J connectivity index is 1.39. The van der Waals surface area contributed by atoms with Crippen LogP contribution in [0.2, 0.25) is 0 Å². The molecule has 0 bridgehead atoms. The van der Waals surface area contributed by atoms with Crippen molar-refractivity contribution in [2.75, 3.05) is 11.9 Å². The fourth-order valence-corrected chi connectivity index (χ4v) is 3.98. The molecule has 2 amide bonds. The minimum atomic E-state index is -0.215. The van der Waals surface area contributed by atoms with Crippen LogP contribution in [0.15, 0.2) is 40.9 Å². The Kier molecular flexibility index (Phi) is 7.80. The molecule has 0 radical (unpaired) electrons. The van der Waals surface area contributed by atoms with Crippen LogP contribution in [0.3, 0.4) is 0 Å². The number of halogens is 1. The molecule has 0 spiro atoms. The van der Waals surface area contributed by atoms with E-state index in [0.29, 0.717) is 5.56 Å². The van der Waals surface area contributed by atoms with E-state index in [-0.39, 0.29) is 43.4 Å². The standard InChI is InChI=1S/C24H27BrN2O3/c1-16-6-9-20(25)15-21(16)27-24(30)12-13-26-23(29)11-10-22(28)19-8-7-17-4-2-3-5-18(17)14-19/h6-9,14-15H,2-5,10-13H2,1H3,(H,26,29)(H,27,30). The lowest BCUT2D eigenvalue weighted by Gasteiger charge is -2.16. The number of aryl methyl sites for hydroxylation is 3. The molecule has 0 atom stereocenters. The molecule has 3 rings (SSSR count). The van der Waals surface area contributed by atoms with Crippen LogP contribution < -0.4 is 10.6 Å². The van der Waals surface area contributed by atoms with Crippen molar-refractivity contribution in [3.05, 3.63) is 63.1 Å². The number of benzene rings is 2. The molecule has 0 saturated heterocycles. The third-order valence-corrected chi connectivity index (χ3v) is 5.89. The second-order valence-corrected chi connectivity index (χ2v) is 8.64. The Labute approximate surface area is 185 Å². The number of anilines is 1. The molecule has 0 aliphatic heterocycles. The van der Waals surface area contributed by atoms with Crippen molar-refractivity contribution in [1.82, 2.24) is 5.32 Å². The summed E-state index contributed by atoms with van der Waals surface area (Å²) in [4.78, 5) is 36.6. The first-order chi connectivity index (χ1) is 14.4. The van der Waals surface area contributed by atoms with Crippen molar-refractivity contribution in [3.8, 4) is 0 Å². The monoisotopic (exact) mass is 470 g/mol. The molecular formula is C24H27BrN2O3. The highest BCUT2D eigenvalue weighted by molar-refractivity contribution is 9.10. The Bertz CT molecular complexity index is 955. The van der Waals surface area contributed by atoms with Gasteiger partial charge in [-0.1, -0.05) is 34.1 Å². The Morgan fingerprint density at radius 2 is 1.67 bits per heavy atom. The van der Waals surface area contributed by atoms with Gasteiger partial charge in [0.05, 0.1) is 0 Å². The van der Waals surface area contributed by atoms with Crippen LogP contribution in [0.5, 0.6) is 0 Å². The van der Waals surface area contributed by atoms with Gasteiger partial charge < -0.3 is 10.6 Å². The average Bonchev–Trinajstić information content (AvgIpc) is 2.74. The fourth-order valence-electron chi connectivity index (χ4n) is 3.62. The minimum absolute atomic E-state index is 0.0126. The minimum Gasteiger partial charge on any atom is -0.356 e. The summed E-state index contributed by atoms with van der Waals surface area (Å²) in [5.41, 5.74) is 5.01. The third-order valence-electron chi connectivity index (χ3n) is 5.40. The van der Waals surface area contributed by atoms with E-state index in [1.807, 2.05) is 43.3 Å². The van der Waals surface area contributed by atoms with Gasteiger partial charge >= 0.3 is 0 Å². The number of fused-ring (bicyclic) bond motifs is 1. The lowest BCUT2D eigenvalue weighted by Crippen LogP contribution is -2.28. The van der Waals surface area contributed by atoms with Gasteiger partial charge in [-0.2, -0.15) is 0 Å². The summed E-state index contributed by atoms with van der Waals surface area (Å²) in [6, 6.07) is 11.6. The second kappa shape index (κ2) is 10.5. The maximum Gasteiger partial charge on any atom is 0.226 e. The first-order valence-corrected chi connectivity index (χ1v) is 11.2. The van der Waals surface area contributed by atoms with Gasteiger partial charge in [0.25, 0.3) is 0 Å². The van der Waals surface area contributed by atoms with Gasteiger partial charge in [-0.05, 0) is 67.5 Å². The quantitative estimate of drug-likeness (QED) is 0.546. The van der Waals surface area contributed by atoms with Crippen molar-refractivity contribution >= 4 is 39.2 Å². The van der Waals surface area contributed by atoms with Crippen LogP contribution in [-0.4, -0.2) is 24.1 Å². The van der Waals surface area contributed by atoms with Gasteiger partial charge in [-0.25, -0.2) is 0 Å². The molecule has 6 heteroatoms. The van der Waals surface area contributed by atoms with E-state index < -0.39 is 0 Å². The molecule has 2 aromatic carbocycles. The number of carbonyl (C=O) groups is 3. The zero-order valence-corrected chi connectivity index (χ0v) is 18.8. The number of Topliss-reactive ketones (excluding diaryl/α,β-unsaturated/α-hetero) is 1. The Morgan fingerprint density at radius 1 is 0.900 bits per heavy atom. The van der Waals surface area contributed by atoms with Gasteiger partial charge in [0.15, 0.2) is 5.78 Å². The highest BCUT2D eigenvalue weighted by Gasteiger charge is 2.14. The summed E-state index contributed by atoms with van der Waals surface area (Å²) in [5, 5.41) is 5.57.